The molecule has 7 heteroatoms. The number of hydrogen-bond acceptors (Lipinski definition) is 4. The molecule has 0 saturated heterocycles. The molecule has 122 valence electrons. The van der Waals surface area contributed by atoms with E-state index in [-0.39, 0.29) is 0 Å². The monoisotopic (exact) mass is 333 g/mol. The first kappa shape index (κ1) is 22.2. The van der Waals surface area contributed by atoms with E-state index < -0.39 is 20.0 Å². The average molecular weight is 334 g/mol. The number of carboxylic acid groups (broad SMARTS) is 2. The van der Waals surface area contributed by atoms with Crippen LogP contribution < -0.4 is 5.32 Å². The van der Waals surface area contributed by atoms with Crippen molar-refractivity contribution in [3.05, 3.63) is 24.8 Å². The van der Waals surface area contributed by atoms with Gasteiger partial charge in [-0.2, -0.15) is 11.8 Å². The molecule has 0 bridgehead atoms. The Bertz CT molecular complexity index is 324. The van der Waals surface area contributed by atoms with E-state index in [0.717, 1.165) is 13.1 Å². The number of thioether (sulfide) groups is 1. The van der Waals surface area contributed by atoms with E-state index in [1.165, 1.54) is 17.5 Å². The van der Waals surface area contributed by atoms with Crippen molar-refractivity contribution >= 4 is 31.8 Å². The lowest BCUT2D eigenvalue weighted by atomic mass is 10.5. The fraction of sp³-hybridized carbons (Fsp3) is 0.571. The molecule has 0 amide bonds. The molecule has 0 aliphatic carbocycles. The van der Waals surface area contributed by atoms with Gasteiger partial charge in [-0.05, 0) is 11.8 Å². The van der Waals surface area contributed by atoms with E-state index in [9.17, 15) is 9.59 Å². The first-order chi connectivity index (χ1) is 9.69. The normalized spacial score (nSPS) is 10.8. The van der Waals surface area contributed by atoms with Crippen LogP contribution in [0.1, 0.15) is 0 Å². The van der Waals surface area contributed by atoms with E-state index in [1.54, 1.807) is 0 Å². The van der Waals surface area contributed by atoms with Crippen LogP contribution in [0.25, 0.3) is 0 Å². The standard InChI is InChI=1S/C10H23NSSi.C4H4O4/c1-5-6-11-7-8-12-9-10-13(2,3)4;5-3(6)1-2-4(7)8/h5,11H,1,6-10H2,2-4H3;1-2H,(H,5,6)(H,7,8). The number of carboxylic acids is 2. The van der Waals surface area contributed by atoms with Crippen LogP contribution >= 0.6 is 11.8 Å². The van der Waals surface area contributed by atoms with Gasteiger partial charge in [-0.1, -0.05) is 25.7 Å². The fourth-order valence-corrected chi connectivity index (χ4v) is 4.49. The van der Waals surface area contributed by atoms with Crippen molar-refractivity contribution in [3.63, 3.8) is 0 Å². The molecule has 3 N–H and O–H groups in total. The minimum atomic E-state index is -1.26. The van der Waals surface area contributed by atoms with Crippen LogP contribution in [0.2, 0.25) is 25.7 Å². The Morgan fingerprint density at radius 3 is 2.05 bits per heavy atom. The predicted molar refractivity (Wildman–Crippen MR) is 93.0 cm³/mol. The quantitative estimate of drug-likeness (QED) is 0.246. The second kappa shape index (κ2) is 13.9. The molecule has 0 aromatic carbocycles. The topological polar surface area (TPSA) is 86.6 Å². The van der Waals surface area contributed by atoms with Gasteiger partial charge in [-0.15, -0.1) is 6.58 Å². The average Bonchev–Trinajstić information content (AvgIpc) is 2.35. The lowest BCUT2D eigenvalue weighted by Gasteiger charge is -2.14. The van der Waals surface area contributed by atoms with E-state index in [1.807, 2.05) is 6.08 Å². The Labute approximate surface area is 132 Å². The lowest BCUT2D eigenvalue weighted by Crippen LogP contribution is -2.21. The third kappa shape index (κ3) is 28.0. The summed E-state index contributed by atoms with van der Waals surface area (Å²) in [4.78, 5) is 19.1. The summed E-state index contributed by atoms with van der Waals surface area (Å²) in [6.45, 7) is 13.0. The maximum Gasteiger partial charge on any atom is 0.328 e. The SMILES string of the molecule is C=CCNCCSCC[Si](C)(C)C.O=C(O)C=CC(=O)O. The summed E-state index contributed by atoms with van der Waals surface area (Å²) in [7, 11) is -0.790. The third-order valence-corrected chi connectivity index (χ3v) is 5.17. The first-order valence-corrected chi connectivity index (χ1v) is 11.6. The highest BCUT2D eigenvalue weighted by atomic mass is 32.2. The Morgan fingerprint density at radius 1 is 1.14 bits per heavy atom. The highest BCUT2D eigenvalue weighted by molar-refractivity contribution is 7.99. The zero-order valence-electron chi connectivity index (χ0n) is 13.1. The number of rotatable bonds is 10. The van der Waals surface area contributed by atoms with Crippen LogP contribution in [0.3, 0.4) is 0 Å². The van der Waals surface area contributed by atoms with Gasteiger partial charge in [0.1, 0.15) is 0 Å². The van der Waals surface area contributed by atoms with Crippen LogP contribution in [0.15, 0.2) is 24.8 Å². The molecular formula is C14H27NO4SSi. The number of hydrogen-bond donors (Lipinski definition) is 3. The molecule has 0 heterocycles. The molecule has 0 rings (SSSR count). The molecule has 0 saturated carbocycles. The summed E-state index contributed by atoms with van der Waals surface area (Å²) in [5, 5.41) is 18.9. The van der Waals surface area contributed by atoms with Gasteiger partial charge in [0.05, 0.1) is 0 Å². The zero-order valence-corrected chi connectivity index (χ0v) is 14.9. The van der Waals surface area contributed by atoms with E-state index in [4.69, 9.17) is 10.2 Å². The summed E-state index contributed by atoms with van der Waals surface area (Å²) >= 11 is 2.07. The second-order valence-corrected chi connectivity index (χ2v) is 12.3. The maximum absolute atomic E-state index is 9.55. The Morgan fingerprint density at radius 2 is 1.67 bits per heavy atom. The smallest absolute Gasteiger partial charge is 0.328 e. The molecule has 0 fully saturated rings. The van der Waals surface area contributed by atoms with Gasteiger partial charge in [-0.25, -0.2) is 9.59 Å². The molecular weight excluding hydrogens is 306 g/mol. The van der Waals surface area contributed by atoms with Crippen LogP contribution in [0.4, 0.5) is 0 Å². The maximum atomic E-state index is 9.55. The minimum absolute atomic E-state index is 0.558. The van der Waals surface area contributed by atoms with Crippen molar-refractivity contribution in [2.45, 2.75) is 25.7 Å². The molecule has 0 unspecified atom stereocenters. The summed E-state index contributed by atoms with van der Waals surface area (Å²) < 4.78 is 0. The summed E-state index contributed by atoms with van der Waals surface area (Å²) in [5.41, 5.74) is 0. The van der Waals surface area contributed by atoms with Crippen molar-refractivity contribution in [2.75, 3.05) is 24.6 Å². The zero-order chi connectivity index (χ0) is 16.7. The second-order valence-electron chi connectivity index (χ2n) is 5.43. The van der Waals surface area contributed by atoms with Crippen LogP contribution in [-0.4, -0.2) is 54.8 Å². The van der Waals surface area contributed by atoms with Gasteiger partial charge in [0.2, 0.25) is 0 Å². The first-order valence-electron chi connectivity index (χ1n) is 6.72. The van der Waals surface area contributed by atoms with Crippen LogP contribution in [-0.2, 0) is 9.59 Å². The molecule has 0 aromatic heterocycles. The fourth-order valence-electron chi connectivity index (χ4n) is 0.971. The summed E-state index contributed by atoms with van der Waals surface area (Å²) in [5.74, 6) is 0.0592. The van der Waals surface area contributed by atoms with Crippen molar-refractivity contribution < 1.29 is 19.8 Å². The van der Waals surface area contributed by atoms with Gasteiger partial charge < -0.3 is 15.5 Å². The molecule has 21 heavy (non-hydrogen) atoms. The largest absolute Gasteiger partial charge is 0.478 e. The summed E-state index contributed by atoms with van der Waals surface area (Å²) in [6, 6.07) is 1.44. The van der Waals surface area contributed by atoms with E-state index in [2.05, 4.69) is 43.3 Å². The Hall–Kier alpha value is -1.05. The molecule has 5 nitrogen and oxygen atoms in total. The third-order valence-electron chi connectivity index (χ3n) is 2.08. The van der Waals surface area contributed by atoms with Gasteiger partial charge in [0.25, 0.3) is 0 Å². The molecule has 0 radical (unpaired) electrons. The van der Waals surface area contributed by atoms with Crippen LogP contribution in [0.5, 0.6) is 0 Å². The van der Waals surface area contributed by atoms with Gasteiger partial charge in [0.15, 0.2) is 0 Å². The molecule has 0 spiro atoms. The van der Waals surface area contributed by atoms with E-state index >= 15 is 0 Å². The highest BCUT2D eigenvalue weighted by Gasteiger charge is 2.11. The van der Waals surface area contributed by atoms with E-state index in [0.29, 0.717) is 12.2 Å². The van der Waals surface area contributed by atoms with Crippen molar-refractivity contribution in [3.8, 4) is 0 Å². The molecule has 0 atom stereocenters. The number of carbonyl (C=O) groups is 2. The van der Waals surface area contributed by atoms with Gasteiger partial charge in [-0.3, -0.25) is 0 Å². The number of aliphatic carboxylic acids is 2. The Kier molecular flexibility index (Phi) is 14.7. The minimum Gasteiger partial charge on any atom is -0.478 e. The van der Waals surface area contributed by atoms with Gasteiger partial charge >= 0.3 is 11.9 Å². The number of nitrogens with one attached hydrogen (secondary N) is 1. The summed E-state index contributed by atoms with van der Waals surface area (Å²) in [6.07, 6.45) is 3.03. The van der Waals surface area contributed by atoms with Crippen molar-refractivity contribution in [1.29, 1.82) is 0 Å². The van der Waals surface area contributed by atoms with Crippen molar-refractivity contribution in [2.24, 2.45) is 0 Å². The van der Waals surface area contributed by atoms with Crippen LogP contribution in [0, 0.1) is 0 Å². The molecule has 0 aromatic rings. The van der Waals surface area contributed by atoms with Gasteiger partial charge in [0, 0.05) is 39.1 Å². The molecule has 0 aliphatic rings. The lowest BCUT2D eigenvalue weighted by molar-refractivity contribution is -0.134. The predicted octanol–water partition coefficient (Wildman–Crippen LogP) is 2.55. The molecule has 0 aliphatic heterocycles. The Balaban J connectivity index is 0. The van der Waals surface area contributed by atoms with Crippen molar-refractivity contribution in [1.82, 2.24) is 5.32 Å². The highest BCUT2D eigenvalue weighted by Crippen LogP contribution is 2.12.